The van der Waals surface area contributed by atoms with E-state index >= 15 is 0 Å². The summed E-state index contributed by atoms with van der Waals surface area (Å²) in [7, 11) is 0. The Kier molecular flexibility index (Phi) is 3.88. The molecule has 2 N–H and O–H groups in total. The number of imidazole rings is 1. The third kappa shape index (κ3) is 2.57. The standard InChI is InChI=1S/C19H26N4OS/c1-10-14-15(11(2)21-10)16(14)17(24)22-19(3,4)18-20-9-12-13(25-5)7-6-8-23(12)18/h6-11,14-16,21H,1-5H3,(H,22,24)/t10-,11-,14-,15+,16?/m0/s1. The Hall–Kier alpha value is -1.53. The molecule has 0 aromatic carbocycles. The first kappa shape index (κ1) is 16.9. The Balaban J connectivity index is 1.58. The number of nitrogens with zero attached hydrogens (tertiary/aromatic N) is 2. The molecule has 1 aliphatic carbocycles. The van der Waals surface area contributed by atoms with Crippen LogP contribution < -0.4 is 10.6 Å². The second-order valence-corrected chi connectivity index (χ2v) is 8.80. The van der Waals surface area contributed by atoms with Crippen LogP contribution in [0.5, 0.6) is 0 Å². The molecular weight excluding hydrogens is 332 g/mol. The van der Waals surface area contributed by atoms with Crippen LogP contribution in [-0.2, 0) is 10.3 Å². The maximum atomic E-state index is 12.9. The Morgan fingerprint density at radius 1 is 1.32 bits per heavy atom. The van der Waals surface area contributed by atoms with Gasteiger partial charge >= 0.3 is 0 Å². The van der Waals surface area contributed by atoms with Crippen molar-refractivity contribution in [2.45, 2.75) is 50.2 Å². The van der Waals surface area contributed by atoms with Crippen molar-refractivity contribution in [3.05, 3.63) is 30.4 Å². The highest BCUT2D eigenvalue weighted by molar-refractivity contribution is 7.98. The largest absolute Gasteiger partial charge is 0.344 e. The van der Waals surface area contributed by atoms with Gasteiger partial charge in [-0.2, -0.15) is 0 Å². The van der Waals surface area contributed by atoms with Gasteiger partial charge in [0, 0.05) is 29.1 Å². The van der Waals surface area contributed by atoms with E-state index in [1.807, 2.05) is 32.3 Å². The van der Waals surface area contributed by atoms with Crippen molar-refractivity contribution in [3.8, 4) is 0 Å². The number of pyridine rings is 1. The van der Waals surface area contributed by atoms with Crippen molar-refractivity contribution in [1.29, 1.82) is 0 Å². The normalized spacial score (nSPS) is 31.2. The van der Waals surface area contributed by atoms with Crippen LogP contribution >= 0.6 is 11.8 Å². The van der Waals surface area contributed by atoms with Gasteiger partial charge in [-0.1, -0.05) is 0 Å². The van der Waals surface area contributed by atoms with E-state index in [2.05, 4.69) is 46.2 Å². The Morgan fingerprint density at radius 2 is 2.00 bits per heavy atom. The van der Waals surface area contributed by atoms with Crippen LogP contribution in [0.4, 0.5) is 0 Å². The molecule has 5 atom stereocenters. The lowest BCUT2D eigenvalue weighted by Crippen LogP contribution is -2.45. The van der Waals surface area contributed by atoms with Crippen LogP contribution in [0.25, 0.3) is 5.52 Å². The molecule has 0 bridgehead atoms. The molecule has 4 rings (SSSR count). The van der Waals surface area contributed by atoms with Crippen molar-refractivity contribution in [3.63, 3.8) is 0 Å². The van der Waals surface area contributed by atoms with E-state index < -0.39 is 5.54 Å². The van der Waals surface area contributed by atoms with Gasteiger partial charge in [0.25, 0.3) is 0 Å². The fourth-order valence-electron chi connectivity index (χ4n) is 4.71. The van der Waals surface area contributed by atoms with Crippen LogP contribution in [0.15, 0.2) is 29.4 Å². The minimum absolute atomic E-state index is 0.138. The number of rotatable bonds is 4. The van der Waals surface area contributed by atoms with Crippen molar-refractivity contribution in [1.82, 2.24) is 20.0 Å². The molecule has 0 spiro atoms. The van der Waals surface area contributed by atoms with Gasteiger partial charge in [0.2, 0.25) is 5.91 Å². The molecule has 0 radical (unpaired) electrons. The Morgan fingerprint density at radius 3 is 2.64 bits per heavy atom. The number of nitrogens with one attached hydrogen (secondary N) is 2. The molecule has 134 valence electrons. The lowest BCUT2D eigenvalue weighted by atomic mass is 10.0. The molecule has 1 saturated heterocycles. The van der Waals surface area contributed by atoms with E-state index in [1.165, 1.54) is 4.90 Å². The molecule has 3 heterocycles. The Labute approximate surface area is 153 Å². The highest BCUT2D eigenvalue weighted by Crippen LogP contribution is 2.55. The summed E-state index contributed by atoms with van der Waals surface area (Å²) in [5, 5.41) is 6.79. The van der Waals surface area contributed by atoms with E-state index in [1.54, 1.807) is 11.8 Å². The Bertz CT molecular complexity index is 816. The van der Waals surface area contributed by atoms with Crippen LogP contribution in [0.1, 0.15) is 33.5 Å². The van der Waals surface area contributed by atoms with Crippen molar-refractivity contribution < 1.29 is 4.79 Å². The summed E-state index contributed by atoms with van der Waals surface area (Å²) in [6.07, 6.45) is 5.98. The highest BCUT2D eigenvalue weighted by Gasteiger charge is 2.63. The molecule has 1 aliphatic heterocycles. The molecular formula is C19H26N4OS. The fraction of sp³-hybridized carbons (Fsp3) is 0.579. The third-order valence-corrected chi connectivity index (χ3v) is 6.65. The molecule has 1 amide bonds. The summed E-state index contributed by atoms with van der Waals surface area (Å²) < 4.78 is 2.09. The van der Waals surface area contributed by atoms with Crippen molar-refractivity contribution in [2.24, 2.45) is 17.8 Å². The monoisotopic (exact) mass is 358 g/mol. The average molecular weight is 359 g/mol. The number of hydrogen-bond acceptors (Lipinski definition) is 4. The molecule has 6 heteroatoms. The van der Waals surface area contributed by atoms with Gasteiger partial charge in [-0.25, -0.2) is 4.98 Å². The van der Waals surface area contributed by atoms with E-state index in [9.17, 15) is 4.79 Å². The maximum Gasteiger partial charge on any atom is 0.224 e. The minimum atomic E-state index is -0.517. The summed E-state index contributed by atoms with van der Waals surface area (Å²) >= 11 is 1.71. The minimum Gasteiger partial charge on any atom is -0.344 e. The predicted molar refractivity (Wildman–Crippen MR) is 101 cm³/mol. The average Bonchev–Trinajstić information content (AvgIpc) is 3.05. The maximum absolute atomic E-state index is 12.9. The highest BCUT2D eigenvalue weighted by atomic mass is 32.2. The van der Waals surface area contributed by atoms with Crippen molar-refractivity contribution >= 4 is 23.2 Å². The van der Waals surface area contributed by atoms with Gasteiger partial charge < -0.3 is 15.0 Å². The quantitative estimate of drug-likeness (QED) is 0.825. The number of amides is 1. The number of thioether (sulfide) groups is 1. The second-order valence-electron chi connectivity index (χ2n) is 7.95. The molecule has 1 unspecified atom stereocenters. The van der Waals surface area contributed by atoms with Gasteiger partial charge in [-0.3, -0.25) is 4.79 Å². The molecule has 1 saturated carbocycles. The summed E-state index contributed by atoms with van der Waals surface area (Å²) in [5.41, 5.74) is 0.569. The fourth-order valence-corrected chi connectivity index (χ4v) is 5.29. The zero-order chi connectivity index (χ0) is 17.9. The second kappa shape index (κ2) is 5.74. The van der Waals surface area contributed by atoms with Crippen LogP contribution in [-0.4, -0.2) is 33.6 Å². The topological polar surface area (TPSA) is 58.4 Å². The first-order valence-corrected chi connectivity index (χ1v) is 10.2. The molecule has 5 nitrogen and oxygen atoms in total. The molecule has 2 aromatic rings. The summed E-state index contributed by atoms with van der Waals surface area (Å²) in [4.78, 5) is 18.7. The van der Waals surface area contributed by atoms with Gasteiger partial charge in [0.1, 0.15) is 5.82 Å². The SMILES string of the molecule is CSc1cccn2c(C(C)(C)NC(=O)C3[C@@H]4[C@H]3[C@H](C)N[C@H]4C)ncc12. The van der Waals surface area contributed by atoms with E-state index in [-0.39, 0.29) is 11.8 Å². The zero-order valence-electron chi connectivity index (χ0n) is 15.4. The number of fused-ring (bicyclic) bond motifs is 2. The first-order chi connectivity index (χ1) is 11.8. The van der Waals surface area contributed by atoms with Crippen LogP contribution in [0, 0.1) is 17.8 Å². The number of piperidine rings is 1. The van der Waals surface area contributed by atoms with Crippen LogP contribution in [0.2, 0.25) is 0 Å². The molecule has 2 fully saturated rings. The van der Waals surface area contributed by atoms with Gasteiger partial charge in [0.05, 0.1) is 17.3 Å². The van der Waals surface area contributed by atoms with Gasteiger partial charge in [-0.15, -0.1) is 11.8 Å². The number of aromatic nitrogens is 2. The predicted octanol–water partition coefficient (Wildman–Crippen LogP) is 2.65. The zero-order valence-corrected chi connectivity index (χ0v) is 16.2. The lowest BCUT2D eigenvalue weighted by Gasteiger charge is -2.26. The summed E-state index contributed by atoms with van der Waals surface area (Å²) in [5.74, 6) is 2.13. The van der Waals surface area contributed by atoms with E-state index in [0.717, 1.165) is 11.3 Å². The summed E-state index contributed by atoms with van der Waals surface area (Å²) in [6, 6.07) is 4.98. The smallest absolute Gasteiger partial charge is 0.224 e. The lowest BCUT2D eigenvalue weighted by molar-refractivity contribution is -0.125. The van der Waals surface area contributed by atoms with Crippen molar-refractivity contribution in [2.75, 3.05) is 6.26 Å². The van der Waals surface area contributed by atoms with Crippen LogP contribution in [0.3, 0.4) is 0 Å². The number of carbonyl (C=O) groups excluding carboxylic acids is 1. The first-order valence-electron chi connectivity index (χ1n) is 8.94. The summed E-state index contributed by atoms with van der Waals surface area (Å²) in [6.45, 7) is 8.45. The number of hydrogen-bond donors (Lipinski definition) is 2. The van der Waals surface area contributed by atoms with Gasteiger partial charge in [-0.05, 0) is 57.9 Å². The molecule has 2 aliphatic rings. The molecule has 25 heavy (non-hydrogen) atoms. The van der Waals surface area contributed by atoms with E-state index in [0.29, 0.717) is 23.9 Å². The van der Waals surface area contributed by atoms with E-state index in [4.69, 9.17) is 0 Å². The number of carbonyl (C=O) groups is 1. The van der Waals surface area contributed by atoms with Gasteiger partial charge in [0.15, 0.2) is 0 Å². The molecule has 2 aromatic heterocycles. The third-order valence-electron chi connectivity index (χ3n) is 5.86.